The lowest BCUT2D eigenvalue weighted by atomic mass is 10.0. The third-order valence-corrected chi connectivity index (χ3v) is 4.83. The maximum Gasteiger partial charge on any atom is 0.221 e. The third-order valence-electron chi connectivity index (χ3n) is 4.04. The fourth-order valence-electron chi connectivity index (χ4n) is 2.65. The van der Waals surface area contributed by atoms with Gasteiger partial charge in [0.1, 0.15) is 0 Å². The van der Waals surface area contributed by atoms with Crippen LogP contribution in [0.15, 0.2) is 59.8 Å². The van der Waals surface area contributed by atoms with Gasteiger partial charge in [-0.2, -0.15) is 4.98 Å². The summed E-state index contributed by atoms with van der Waals surface area (Å²) in [4.78, 5) is 21.4. The summed E-state index contributed by atoms with van der Waals surface area (Å²) in [5.74, 6) is 0.349. The molecule has 138 valence electrons. The number of carbonyl (C=O) groups excluding carboxylic acids is 1. The van der Waals surface area contributed by atoms with Crippen LogP contribution in [0.2, 0.25) is 5.02 Å². The molecule has 0 aliphatic carbocycles. The summed E-state index contributed by atoms with van der Waals surface area (Å²) in [5.41, 5.74) is 3.34. The molecular formula is C21H19ClN2O2S. The summed E-state index contributed by atoms with van der Waals surface area (Å²) in [6.07, 6.45) is 2.49. The summed E-state index contributed by atoms with van der Waals surface area (Å²) >= 11 is 7.54. The Balaban J connectivity index is 1.86. The van der Waals surface area contributed by atoms with Crippen molar-refractivity contribution in [2.45, 2.75) is 18.5 Å². The zero-order valence-electron chi connectivity index (χ0n) is 15.1. The molecule has 0 fully saturated rings. The fraction of sp³-hybridized carbons (Fsp3) is 0.190. The average Bonchev–Trinajstić information content (AvgIpc) is 2.68. The maximum absolute atomic E-state index is 12.4. The number of carbonyl (C=O) groups is 1. The lowest BCUT2D eigenvalue weighted by Crippen LogP contribution is -2.14. The van der Waals surface area contributed by atoms with E-state index >= 15 is 0 Å². The molecule has 0 atom stereocenters. The van der Waals surface area contributed by atoms with Crippen LogP contribution in [-0.2, 0) is 6.42 Å². The number of halogens is 1. The average molecular weight is 399 g/mol. The smallest absolute Gasteiger partial charge is 0.221 e. The Morgan fingerprint density at radius 1 is 1.11 bits per heavy atom. The van der Waals surface area contributed by atoms with Crippen LogP contribution in [0.4, 0.5) is 0 Å². The highest BCUT2D eigenvalue weighted by Crippen LogP contribution is 2.26. The summed E-state index contributed by atoms with van der Waals surface area (Å²) in [7, 11) is 0. The van der Waals surface area contributed by atoms with Crippen molar-refractivity contribution >= 4 is 29.1 Å². The number of nitrogens with zero attached hydrogens (tertiary/aromatic N) is 2. The third kappa shape index (κ3) is 5.08. The Morgan fingerprint density at radius 3 is 2.59 bits per heavy atom. The van der Waals surface area contributed by atoms with Crippen LogP contribution in [0, 0.1) is 6.92 Å². The van der Waals surface area contributed by atoms with Gasteiger partial charge in [-0.25, -0.2) is 4.98 Å². The molecule has 2 aromatic carbocycles. The van der Waals surface area contributed by atoms with Gasteiger partial charge in [0.25, 0.3) is 0 Å². The van der Waals surface area contributed by atoms with Crippen molar-refractivity contribution in [1.82, 2.24) is 9.97 Å². The van der Waals surface area contributed by atoms with Gasteiger partial charge in [0, 0.05) is 28.3 Å². The van der Waals surface area contributed by atoms with E-state index in [1.165, 1.54) is 11.8 Å². The Labute approximate surface area is 168 Å². The quantitative estimate of drug-likeness (QED) is 0.318. The number of aryl methyl sites for hydroxylation is 1. The molecule has 0 saturated carbocycles. The lowest BCUT2D eigenvalue weighted by Gasteiger charge is -2.14. The molecule has 0 aliphatic rings. The van der Waals surface area contributed by atoms with Gasteiger partial charge >= 0.3 is 0 Å². The van der Waals surface area contributed by atoms with Crippen molar-refractivity contribution in [2.75, 3.05) is 12.9 Å². The van der Waals surface area contributed by atoms with Gasteiger partial charge in [-0.1, -0.05) is 65.8 Å². The zero-order chi connectivity index (χ0) is 19.2. The first-order chi connectivity index (χ1) is 13.1. The molecule has 27 heavy (non-hydrogen) atoms. The molecule has 0 amide bonds. The van der Waals surface area contributed by atoms with E-state index in [-0.39, 0.29) is 12.4 Å². The number of benzene rings is 2. The van der Waals surface area contributed by atoms with E-state index in [4.69, 9.17) is 16.3 Å². The number of ketones is 1. The van der Waals surface area contributed by atoms with Gasteiger partial charge < -0.3 is 4.74 Å². The summed E-state index contributed by atoms with van der Waals surface area (Å²) in [6, 6.07) is 16.7. The number of Topliss-reactive ketones (excluding diaryl/α,β-unsaturated/α-hetero) is 1. The van der Waals surface area contributed by atoms with Gasteiger partial charge in [0.2, 0.25) is 5.88 Å². The van der Waals surface area contributed by atoms with Gasteiger partial charge in [-0.05, 0) is 30.9 Å². The highest BCUT2D eigenvalue weighted by molar-refractivity contribution is 7.98. The molecule has 1 aromatic heterocycles. The van der Waals surface area contributed by atoms with Crippen molar-refractivity contribution in [2.24, 2.45) is 0 Å². The van der Waals surface area contributed by atoms with Crippen LogP contribution >= 0.6 is 23.4 Å². The molecule has 3 aromatic rings. The van der Waals surface area contributed by atoms with E-state index in [0.717, 1.165) is 16.8 Å². The van der Waals surface area contributed by atoms with E-state index in [2.05, 4.69) is 9.97 Å². The monoisotopic (exact) mass is 398 g/mol. The Bertz CT molecular complexity index is 948. The highest BCUT2D eigenvalue weighted by Gasteiger charge is 2.16. The highest BCUT2D eigenvalue weighted by atomic mass is 35.5. The van der Waals surface area contributed by atoms with Gasteiger partial charge in [0.15, 0.2) is 17.5 Å². The van der Waals surface area contributed by atoms with E-state index in [9.17, 15) is 4.79 Å². The molecule has 6 heteroatoms. The van der Waals surface area contributed by atoms with Crippen molar-refractivity contribution in [1.29, 1.82) is 0 Å². The molecule has 0 bridgehead atoms. The predicted octanol–water partition coefficient (Wildman–Crippen LogP) is 5.01. The van der Waals surface area contributed by atoms with E-state index in [0.29, 0.717) is 28.0 Å². The summed E-state index contributed by atoms with van der Waals surface area (Å²) < 4.78 is 5.83. The van der Waals surface area contributed by atoms with Crippen LogP contribution < -0.4 is 4.74 Å². The SMILES string of the molecule is CSc1nc(C)c(Cc2cccc(Cl)c2)c(OCC(=O)c2ccccc2)n1. The first kappa shape index (κ1) is 19.4. The first-order valence-corrected chi connectivity index (χ1v) is 10.0. The Morgan fingerprint density at radius 2 is 1.89 bits per heavy atom. The van der Waals surface area contributed by atoms with Crippen molar-refractivity contribution in [3.63, 3.8) is 0 Å². The molecule has 0 saturated heterocycles. The van der Waals surface area contributed by atoms with Crippen molar-refractivity contribution in [3.8, 4) is 5.88 Å². The number of thioether (sulfide) groups is 1. The van der Waals surface area contributed by atoms with Crippen molar-refractivity contribution in [3.05, 3.63) is 82.0 Å². The molecule has 0 spiro atoms. The Hall–Kier alpha value is -2.37. The second kappa shape index (κ2) is 9.02. The second-order valence-corrected chi connectivity index (χ2v) is 7.17. The van der Waals surface area contributed by atoms with E-state index in [1.54, 1.807) is 12.1 Å². The number of ether oxygens (including phenoxy) is 1. The standard InChI is InChI=1S/C21H19ClN2O2S/c1-14-18(12-15-7-6-10-17(22)11-15)20(24-21(23-14)27-2)26-13-19(25)16-8-4-3-5-9-16/h3-11H,12-13H2,1-2H3. The maximum atomic E-state index is 12.4. The number of aromatic nitrogens is 2. The molecule has 0 N–H and O–H groups in total. The van der Waals surface area contributed by atoms with E-state index < -0.39 is 0 Å². The minimum absolute atomic E-state index is 0.0726. The molecular weight excluding hydrogens is 380 g/mol. The Kier molecular flexibility index (Phi) is 6.48. The lowest BCUT2D eigenvalue weighted by molar-refractivity contribution is 0.0916. The molecule has 1 heterocycles. The molecule has 0 radical (unpaired) electrons. The summed E-state index contributed by atoms with van der Waals surface area (Å²) in [5, 5.41) is 1.29. The first-order valence-electron chi connectivity index (χ1n) is 8.44. The molecule has 0 aliphatic heterocycles. The number of rotatable bonds is 7. The van der Waals surface area contributed by atoms with Crippen LogP contribution in [0.1, 0.15) is 27.2 Å². The second-order valence-electron chi connectivity index (χ2n) is 5.96. The summed E-state index contributed by atoms with van der Waals surface area (Å²) in [6.45, 7) is 1.85. The normalized spacial score (nSPS) is 10.6. The van der Waals surface area contributed by atoms with Gasteiger partial charge in [-0.3, -0.25) is 4.79 Å². The molecule has 3 rings (SSSR count). The minimum atomic E-state index is -0.0914. The van der Waals surface area contributed by atoms with Crippen LogP contribution in [0.5, 0.6) is 5.88 Å². The van der Waals surface area contributed by atoms with Crippen LogP contribution in [0.25, 0.3) is 0 Å². The zero-order valence-corrected chi connectivity index (χ0v) is 16.7. The molecule has 4 nitrogen and oxygen atoms in total. The van der Waals surface area contributed by atoms with Crippen LogP contribution in [0.3, 0.4) is 0 Å². The largest absolute Gasteiger partial charge is 0.469 e. The fourth-order valence-corrected chi connectivity index (χ4v) is 3.27. The predicted molar refractivity (Wildman–Crippen MR) is 109 cm³/mol. The van der Waals surface area contributed by atoms with Crippen molar-refractivity contribution < 1.29 is 9.53 Å². The van der Waals surface area contributed by atoms with Gasteiger partial charge in [-0.15, -0.1) is 0 Å². The topological polar surface area (TPSA) is 52.1 Å². The van der Waals surface area contributed by atoms with E-state index in [1.807, 2.05) is 55.6 Å². The minimum Gasteiger partial charge on any atom is -0.469 e. The van der Waals surface area contributed by atoms with Crippen LogP contribution in [-0.4, -0.2) is 28.6 Å². The van der Waals surface area contributed by atoms with Gasteiger partial charge in [0.05, 0.1) is 0 Å². The number of hydrogen-bond acceptors (Lipinski definition) is 5. The molecule has 0 unspecified atom stereocenters. The number of hydrogen-bond donors (Lipinski definition) is 0.